The molecule has 50 heavy (non-hydrogen) atoms. The van der Waals surface area contributed by atoms with E-state index in [1.54, 1.807) is 13.1 Å². The van der Waals surface area contributed by atoms with E-state index in [1.807, 2.05) is 36.4 Å². The van der Waals surface area contributed by atoms with Crippen molar-refractivity contribution in [2.75, 3.05) is 43.1 Å². The lowest BCUT2D eigenvalue weighted by Crippen LogP contribution is -2.29. The van der Waals surface area contributed by atoms with E-state index in [-0.39, 0.29) is 48.1 Å². The predicted octanol–water partition coefficient (Wildman–Crippen LogP) is 4.50. The van der Waals surface area contributed by atoms with Crippen LogP contribution in [0, 0.1) is 0 Å². The van der Waals surface area contributed by atoms with E-state index in [2.05, 4.69) is 66.0 Å². The van der Waals surface area contributed by atoms with Gasteiger partial charge in [-0.2, -0.15) is 21.4 Å². The third-order valence-electron chi connectivity index (χ3n) is 9.45. The van der Waals surface area contributed by atoms with Crippen LogP contribution in [-0.2, 0) is 35.9 Å². The van der Waals surface area contributed by atoms with Gasteiger partial charge >= 0.3 is 0 Å². The Hall–Kier alpha value is -3.85. The average molecular weight is 730 g/mol. The Morgan fingerprint density at radius 2 is 1.54 bits per heavy atom. The van der Waals surface area contributed by atoms with Gasteiger partial charge in [-0.25, -0.2) is 0 Å². The van der Waals surface area contributed by atoms with Crippen molar-refractivity contribution in [2.45, 2.75) is 70.6 Å². The highest BCUT2D eigenvalue weighted by Crippen LogP contribution is 2.48. The Morgan fingerprint density at radius 3 is 2.20 bits per heavy atom. The largest absolute Gasteiger partial charge is 0.359 e. The fourth-order valence-corrected chi connectivity index (χ4v) is 7.93. The maximum Gasteiger partial charge on any atom is 0.264 e. The Kier molecular flexibility index (Phi) is 12.1. The first-order chi connectivity index (χ1) is 23.4. The summed E-state index contributed by atoms with van der Waals surface area (Å²) in [4.78, 5) is 26.8. The van der Waals surface area contributed by atoms with E-state index in [0.29, 0.717) is 37.9 Å². The number of hydrogen-bond donors (Lipinski definition) is 4. The molecule has 0 aliphatic carbocycles. The quantitative estimate of drug-likeness (QED) is 0.110. The summed E-state index contributed by atoms with van der Waals surface area (Å²) in [6.07, 6.45) is 7.92. The van der Waals surface area contributed by atoms with Gasteiger partial charge in [0.15, 0.2) is 5.71 Å². The number of nitrogens with one attached hydrogen (secondary N) is 2. The van der Waals surface area contributed by atoms with Crippen LogP contribution < -0.4 is 15.5 Å². The SMILES string of the molecule is CNC(=O)CCNC(=O)c1ccc2c(c1)C(C)(C)/C(=C\C=C\C1=[N+](CCCCS(=O)(=O)O)c3ccccc3C1(C)C)N2CCCCS(=O)(=O)O. The number of anilines is 1. The molecule has 4 rings (SSSR count). The smallest absolute Gasteiger partial charge is 0.264 e. The number of rotatable bonds is 16. The van der Waals surface area contributed by atoms with E-state index in [4.69, 9.17) is 0 Å². The Bertz CT molecular complexity index is 1930. The van der Waals surface area contributed by atoms with Gasteiger partial charge in [-0.3, -0.25) is 18.7 Å². The molecule has 0 bridgehead atoms. The van der Waals surface area contributed by atoms with Crippen LogP contribution in [0.3, 0.4) is 0 Å². The lowest BCUT2D eigenvalue weighted by molar-refractivity contribution is -0.438. The average Bonchev–Trinajstić information content (AvgIpc) is 3.38. The van der Waals surface area contributed by atoms with Gasteiger partial charge in [0.1, 0.15) is 6.54 Å². The van der Waals surface area contributed by atoms with Crippen LogP contribution in [0.25, 0.3) is 0 Å². The number of para-hydroxylation sites is 1. The first-order valence-corrected chi connectivity index (χ1v) is 20.0. The van der Waals surface area contributed by atoms with Crippen LogP contribution >= 0.6 is 0 Å². The van der Waals surface area contributed by atoms with E-state index in [9.17, 15) is 35.5 Å². The van der Waals surface area contributed by atoms with Crippen molar-refractivity contribution in [3.05, 3.63) is 83.1 Å². The third kappa shape index (κ3) is 9.27. The zero-order valence-electron chi connectivity index (χ0n) is 29.4. The van der Waals surface area contributed by atoms with Crippen LogP contribution in [0.15, 0.2) is 66.4 Å². The number of carbonyl (C=O) groups is 2. The second kappa shape index (κ2) is 15.6. The van der Waals surface area contributed by atoms with Crippen molar-refractivity contribution >= 4 is 49.1 Å². The van der Waals surface area contributed by atoms with Crippen molar-refractivity contribution in [1.29, 1.82) is 0 Å². The van der Waals surface area contributed by atoms with Gasteiger partial charge in [0.05, 0.1) is 16.9 Å². The maximum atomic E-state index is 13.0. The van der Waals surface area contributed by atoms with Crippen LogP contribution in [0.2, 0.25) is 0 Å². The minimum Gasteiger partial charge on any atom is -0.359 e. The number of allylic oxidation sites excluding steroid dienone is 4. The number of amides is 2. The highest BCUT2D eigenvalue weighted by Gasteiger charge is 2.44. The van der Waals surface area contributed by atoms with E-state index < -0.39 is 25.7 Å². The summed E-state index contributed by atoms with van der Waals surface area (Å²) in [5.74, 6) is -1.09. The Labute approximate surface area is 295 Å². The van der Waals surface area contributed by atoms with Gasteiger partial charge in [0, 0.05) is 73.0 Å². The number of unbranched alkanes of at least 4 members (excludes halogenated alkanes) is 2. The molecule has 0 saturated heterocycles. The summed E-state index contributed by atoms with van der Waals surface area (Å²) in [6, 6.07) is 13.6. The lowest BCUT2D eigenvalue weighted by atomic mass is 9.81. The first-order valence-electron chi connectivity index (χ1n) is 16.8. The third-order valence-corrected chi connectivity index (χ3v) is 11.1. The van der Waals surface area contributed by atoms with Crippen LogP contribution in [0.4, 0.5) is 11.4 Å². The predicted molar refractivity (Wildman–Crippen MR) is 196 cm³/mol. The lowest BCUT2D eigenvalue weighted by Gasteiger charge is -2.27. The van der Waals surface area contributed by atoms with Crippen LogP contribution in [0.1, 0.15) is 81.3 Å². The van der Waals surface area contributed by atoms with Gasteiger partial charge in [0.2, 0.25) is 11.6 Å². The monoisotopic (exact) mass is 729 g/mol. The second-order valence-corrected chi connectivity index (χ2v) is 16.9. The van der Waals surface area contributed by atoms with Gasteiger partial charge in [0.25, 0.3) is 26.1 Å². The van der Waals surface area contributed by atoms with Crippen LogP contribution in [0.5, 0.6) is 0 Å². The zero-order valence-corrected chi connectivity index (χ0v) is 31.0. The molecule has 2 amide bonds. The molecular weight excluding hydrogens is 681 g/mol. The molecule has 2 aromatic rings. The molecule has 0 atom stereocenters. The van der Waals surface area contributed by atoms with Crippen molar-refractivity contribution in [3.63, 3.8) is 0 Å². The molecule has 0 radical (unpaired) electrons. The van der Waals surface area contributed by atoms with Crippen molar-refractivity contribution < 1.29 is 40.1 Å². The molecule has 0 unspecified atom stereocenters. The fraction of sp³-hybridized carbons (Fsp3) is 0.472. The van der Waals surface area contributed by atoms with E-state index in [0.717, 1.165) is 33.9 Å². The molecule has 2 aliphatic rings. The number of benzene rings is 2. The topological polar surface area (TPSA) is 173 Å². The van der Waals surface area contributed by atoms with E-state index in [1.165, 1.54) is 0 Å². The normalized spacial score (nSPS) is 17.3. The van der Waals surface area contributed by atoms with Crippen LogP contribution in [-0.4, -0.2) is 86.2 Å². The Morgan fingerprint density at radius 1 is 0.880 bits per heavy atom. The fourth-order valence-electron chi connectivity index (χ4n) is 6.80. The van der Waals surface area contributed by atoms with Crippen molar-refractivity contribution in [2.24, 2.45) is 0 Å². The molecule has 0 saturated carbocycles. The second-order valence-electron chi connectivity index (χ2n) is 13.8. The molecule has 12 nitrogen and oxygen atoms in total. The molecule has 0 fully saturated rings. The molecule has 272 valence electrons. The first kappa shape index (κ1) is 38.9. The minimum atomic E-state index is -4.09. The number of fused-ring (bicyclic) bond motifs is 2. The summed E-state index contributed by atoms with van der Waals surface area (Å²) in [7, 11) is -6.59. The molecule has 2 aromatic carbocycles. The number of nitrogens with zero attached hydrogens (tertiary/aromatic N) is 2. The Balaban J connectivity index is 1.68. The molecule has 2 aliphatic heterocycles. The zero-order chi connectivity index (χ0) is 36.9. The van der Waals surface area contributed by atoms with Gasteiger partial charge in [-0.15, -0.1) is 0 Å². The molecule has 2 heterocycles. The number of hydrogen-bond acceptors (Lipinski definition) is 7. The molecular formula is C36H49N4O8S2+. The molecule has 14 heteroatoms. The highest BCUT2D eigenvalue weighted by atomic mass is 32.2. The summed E-state index contributed by atoms with van der Waals surface area (Å²) >= 11 is 0. The van der Waals surface area contributed by atoms with Gasteiger partial charge < -0.3 is 15.5 Å². The summed E-state index contributed by atoms with van der Waals surface area (Å²) in [6.45, 7) is 9.69. The highest BCUT2D eigenvalue weighted by molar-refractivity contribution is 7.86. The number of carbonyl (C=O) groups excluding carboxylic acids is 2. The maximum absolute atomic E-state index is 13.0. The molecule has 0 spiro atoms. The summed E-state index contributed by atoms with van der Waals surface area (Å²) in [5, 5.41) is 5.34. The van der Waals surface area contributed by atoms with Crippen molar-refractivity contribution in [1.82, 2.24) is 10.6 Å². The molecule has 0 aromatic heterocycles. The van der Waals surface area contributed by atoms with Gasteiger partial charge in [-0.05, 0) is 62.9 Å². The summed E-state index contributed by atoms with van der Waals surface area (Å²) in [5.41, 5.74) is 5.56. The van der Waals surface area contributed by atoms with E-state index >= 15 is 0 Å². The van der Waals surface area contributed by atoms with Crippen molar-refractivity contribution in [3.8, 4) is 0 Å². The standard InChI is InChI=1S/C36H48N4O8S2/c1-35(2)27-13-6-7-14-29(27)39(21-8-10-23-49(43,44)45)31(35)15-12-16-32-36(3,4)28-25-26(34(42)38-20-19-33(41)37-5)17-18-30(28)40(32)22-9-11-24-50(46,47)48/h6-7,12-18,25H,8-11,19-24H2,1-5H3,(H3-,37,38,41,42,43,44,45,46,47,48)/p+1. The summed E-state index contributed by atoms with van der Waals surface area (Å²) < 4.78 is 66.1. The van der Waals surface area contributed by atoms with Gasteiger partial charge in [-0.1, -0.05) is 38.1 Å². The molecule has 4 N–H and O–H groups in total. The minimum absolute atomic E-state index is 0.165.